The van der Waals surface area contributed by atoms with Crippen molar-refractivity contribution in [3.8, 4) is 6.07 Å². The summed E-state index contributed by atoms with van der Waals surface area (Å²) >= 11 is 5.83. The maximum Gasteiger partial charge on any atom is 0.306 e. The molecule has 2 aromatic carbocycles. The zero-order chi connectivity index (χ0) is 18.9. The molecule has 0 saturated carbocycles. The molecule has 0 aliphatic carbocycles. The van der Waals surface area contributed by atoms with Crippen molar-refractivity contribution in [3.63, 3.8) is 0 Å². The summed E-state index contributed by atoms with van der Waals surface area (Å²) in [5.41, 5.74) is 0.992. The van der Waals surface area contributed by atoms with E-state index in [9.17, 15) is 14.4 Å². The Kier molecular flexibility index (Phi) is 6.89. The minimum atomic E-state index is -0.656. The van der Waals surface area contributed by atoms with Crippen LogP contribution in [0.1, 0.15) is 28.8 Å². The fourth-order valence-electron chi connectivity index (χ4n) is 2.11. The van der Waals surface area contributed by atoms with Crippen LogP contribution in [-0.2, 0) is 14.3 Å². The van der Waals surface area contributed by atoms with Gasteiger partial charge in [-0.1, -0.05) is 41.9 Å². The van der Waals surface area contributed by atoms with E-state index in [1.165, 1.54) is 18.2 Å². The van der Waals surface area contributed by atoms with Crippen LogP contribution in [0.15, 0.2) is 48.5 Å². The standard InChI is InChI=1S/C19H15ClN2O4/c20-15-7-6-14(11-21)16(10-15)22-18(24)12-26-19(25)9-8-17(23)13-4-2-1-3-5-13/h1-7,10H,8-9,12H2,(H,22,24). The van der Waals surface area contributed by atoms with Crippen molar-refractivity contribution in [3.05, 3.63) is 64.7 Å². The molecule has 0 atom stereocenters. The van der Waals surface area contributed by atoms with Gasteiger partial charge in [-0.2, -0.15) is 5.26 Å². The number of benzene rings is 2. The Balaban J connectivity index is 1.79. The number of anilines is 1. The smallest absolute Gasteiger partial charge is 0.306 e. The molecular formula is C19H15ClN2O4. The number of halogens is 1. The maximum atomic E-state index is 11.9. The third-order valence-electron chi connectivity index (χ3n) is 3.39. The molecule has 2 rings (SSSR count). The molecule has 26 heavy (non-hydrogen) atoms. The normalized spacial score (nSPS) is 9.85. The first-order chi connectivity index (χ1) is 12.5. The first-order valence-corrected chi connectivity index (χ1v) is 8.11. The van der Waals surface area contributed by atoms with Crippen LogP contribution in [0.5, 0.6) is 0 Å². The van der Waals surface area contributed by atoms with Crippen LogP contribution in [0.4, 0.5) is 5.69 Å². The zero-order valence-corrected chi connectivity index (χ0v) is 14.5. The molecule has 0 radical (unpaired) electrons. The van der Waals surface area contributed by atoms with Crippen molar-refractivity contribution in [2.24, 2.45) is 0 Å². The molecule has 0 aliphatic heterocycles. The monoisotopic (exact) mass is 370 g/mol. The summed E-state index contributed by atoms with van der Waals surface area (Å²) in [4.78, 5) is 35.4. The zero-order valence-electron chi connectivity index (χ0n) is 13.7. The third-order valence-corrected chi connectivity index (χ3v) is 3.63. The fraction of sp³-hybridized carbons (Fsp3) is 0.158. The molecule has 1 amide bonds. The first kappa shape index (κ1) is 19.2. The molecule has 7 heteroatoms. The Labute approximate surface area is 155 Å². The van der Waals surface area contributed by atoms with Gasteiger partial charge in [0.05, 0.1) is 17.7 Å². The van der Waals surface area contributed by atoms with E-state index in [-0.39, 0.29) is 29.9 Å². The molecule has 0 aromatic heterocycles. The number of nitriles is 1. The highest BCUT2D eigenvalue weighted by molar-refractivity contribution is 6.31. The van der Waals surface area contributed by atoms with E-state index in [2.05, 4.69) is 5.32 Å². The predicted molar refractivity (Wildman–Crippen MR) is 95.8 cm³/mol. The largest absolute Gasteiger partial charge is 0.456 e. The molecule has 0 unspecified atom stereocenters. The molecule has 2 aromatic rings. The minimum Gasteiger partial charge on any atom is -0.456 e. The lowest BCUT2D eigenvalue weighted by Gasteiger charge is -2.08. The molecular weight excluding hydrogens is 356 g/mol. The van der Waals surface area contributed by atoms with Crippen LogP contribution >= 0.6 is 11.6 Å². The van der Waals surface area contributed by atoms with E-state index < -0.39 is 18.5 Å². The van der Waals surface area contributed by atoms with Gasteiger partial charge in [0.25, 0.3) is 5.91 Å². The van der Waals surface area contributed by atoms with Crippen molar-refractivity contribution in [1.29, 1.82) is 5.26 Å². The summed E-state index contributed by atoms with van der Waals surface area (Å²) in [7, 11) is 0. The number of nitrogens with zero attached hydrogens (tertiary/aromatic N) is 1. The summed E-state index contributed by atoms with van der Waals surface area (Å²) in [6, 6.07) is 14.9. The molecule has 0 fully saturated rings. The third kappa shape index (κ3) is 5.72. The van der Waals surface area contributed by atoms with Crippen molar-refractivity contribution in [1.82, 2.24) is 0 Å². The highest BCUT2D eigenvalue weighted by atomic mass is 35.5. The second kappa shape index (κ2) is 9.35. The van der Waals surface area contributed by atoms with Crippen molar-refractivity contribution < 1.29 is 19.1 Å². The quantitative estimate of drug-likeness (QED) is 0.595. The van der Waals surface area contributed by atoms with Crippen LogP contribution in [-0.4, -0.2) is 24.3 Å². The molecule has 1 N–H and O–H groups in total. The number of esters is 1. The number of nitrogens with one attached hydrogen (secondary N) is 1. The van der Waals surface area contributed by atoms with Gasteiger partial charge in [0, 0.05) is 17.0 Å². The fourth-order valence-corrected chi connectivity index (χ4v) is 2.28. The van der Waals surface area contributed by atoms with E-state index in [1.54, 1.807) is 30.3 Å². The summed E-state index contributed by atoms with van der Waals surface area (Å²) in [6.45, 7) is -0.518. The number of carbonyl (C=O) groups is 3. The van der Waals surface area contributed by atoms with Crippen LogP contribution < -0.4 is 5.32 Å². The molecule has 0 saturated heterocycles. The lowest BCUT2D eigenvalue weighted by molar-refractivity contribution is -0.147. The van der Waals surface area contributed by atoms with E-state index in [0.29, 0.717) is 10.6 Å². The van der Waals surface area contributed by atoms with Crippen LogP contribution in [0.25, 0.3) is 0 Å². The molecule has 0 aliphatic rings. The van der Waals surface area contributed by atoms with Crippen molar-refractivity contribution in [2.45, 2.75) is 12.8 Å². The molecule has 6 nitrogen and oxygen atoms in total. The van der Waals surface area contributed by atoms with Gasteiger partial charge in [0.2, 0.25) is 0 Å². The number of hydrogen-bond acceptors (Lipinski definition) is 5. The van der Waals surface area contributed by atoms with E-state index >= 15 is 0 Å². The Bertz CT molecular complexity index is 860. The van der Waals surface area contributed by atoms with E-state index in [4.69, 9.17) is 21.6 Å². The van der Waals surface area contributed by atoms with Crippen LogP contribution in [0.2, 0.25) is 5.02 Å². The highest BCUT2D eigenvalue weighted by Gasteiger charge is 2.13. The topological polar surface area (TPSA) is 96.3 Å². The van der Waals surface area contributed by atoms with Gasteiger partial charge in [-0.15, -0.1) is 0 Å². The van der Waals surface area contributed by atoms with Crippen molar-refractivity contribution in [2.75, 3.05) is 11.9 Å². The van der Waals surface area contributed by atoms with Gasteiger partial charge in [0.1, 0.15) is 6.07 Å². The Morgan fingerprint density at radius 3 is 2.50 bits per heavy atom. The average Bonchev–Trinajstić information content (AvgIpc) is 2.65. The second-order valence-electron chi connectivity index (χ2n) is 5.30. The van der Waals surface area contributed by atoms with Gasteiger partial charge in [-0.25, -0.2) is 0 Å². The van der Waals surface area contributed by atoms with E-state index in [0.717, 1.165) is 0 Å². The van der Waals surface area contributed by atoms with Gasteiger partial charge in [-0.3, -0.25) is 14.4 Å². The predicted octanol–water partition coefficient (Wildman–Crippen LogP) is 3.36. The van der Waals surface area contributed by atoms with Gasteiger partial charge < -0.3 is 10.1 Å². The number of rotatable bonds is 7. The molecule has 0 bridgehead atoms. The van der Waals surface area contributed by atoms with Crippen LogP contribution in [0, 0.1) is 11.3 Å². The SMILES string of the molecule is N#Cc1ccc(Cl)cc1NC(=O)COC(=O)CCC(=O)c1ccccc1. The summed E-state index contributed by atoms with van der Waals surface area (Å²) in [5, 5.41) is 11.8. The van der Waals surface area contributed by atoms with Crippen molar-refractivity contribution >= 4 is 34.9 Å². The number of amides is 1. The van der Waals surface area contributed by atoms with Gasteiger partial charge >= 0.3 is 5.97 Å². The lowest BCUT2D eigenvalue weighted by Crippen LogP contribution is -2.21. The van der Waals surface area contributed by atoms with Gasteiger partial charge in [0.15, 0.2) is 12.4 Å². The number of ketones is 1. The highest BCUT2D eigenvalue weighted by Crippen LogP contribution is 2.20. The summed E-state index contributed by atoms with van der Waals surface area (Å²) in [6.07, 6.45) is -0.126. The summed E-state index contributed by atoms with van der Waals surface area (Å²) < 4.78 is 4.85. The lowest BCUT2D eigenvalue weighted by atomic mass is 10.1. The minimum absolute atomic E-state index is 0.00264. The Hall–Kier alpha value is -3.17. The first-order valence-electron chi connectivity index (χ1n) is 7.73. The number of Topliss-reactive ketones (excluding diaryl/α,β-unsaturated/α-hetero) is 1. The second-order valence-corrected chi connectivity index (χ2v) is 5.74. The number of ether oxygens (including phenoxy) is 1. The molecule has 132 valence electrons. The van der Waals surface area contributed by atoms with Crippen LogP contribution in [0.3, 0.4) is 0 Å². The average molecular weight is 371 g/mol. The molecule has 0 heterocycles. The Morgan fingerprint density at radius 2 is 1.81 bits per heavy atom. The van der Waals surface area contributed by atoms with Gasteiger partial charge in [-0.05, 0) is 18.2 Å². The molecule has 0 spiro atoms. The van der Waals surface area contributed by atoms with E-state index in [1.807, 2.05) is 6.07 Å². The summed E-state index contributed by atoms with van der Waals surface area (Å²) in [5.74, 6) is -1.44. The number of hydrogen-bond donors (Lipinski definition) is 1. The maximum absolute atomic E-state index is 11.9. The number of carbonyl (C=O) groups excluding carboxylic acids is 3. The Morgan fingerprint density at radius 1 is 1.08 bits per heavy atom.